The number of ether oxygens (including phenoxy) is 3. The lowest BCUT2D eigenvalue weighted by Gasteiger charge is -2.42. The van der Waals surface area contributed by atoms with E-state index in [1.165, 1.54) is 21.2 Å². The molecule has 0 aliphatic carbocycles. The molecular formula is C46H72N8O7S6. The van der Waals surface area contributed by atoms with Crippen molar-refractivity contribution in [3.63, 3.8) is 0 Å². The lowest BCUT2D eigenvalue weighted by atomic mass is 9.84. The lowest BCUT2D eigenvalue weighted by molar-refractivity contribution is -0.157. The molecule has 0 saturated carbocycles. The first-order valence-electron chi connectivity index (χ1n) is 21.7. The number of nitrogens with zero attached hydrogens (tertiary/aromatic N) is 6. The van der Waals surface area contributed by atoms with Crippen LogP contribution in [0.15, 0.2) is 41.9 Å². The normalized spacial score (nSPS) is 20.3. The minimum Gasteiger partial charge on any atom is -0.464 e. The Morgan fingerprint density at radius 1 is 1.07 bits per heavy atom. The van der Waals surface area contributed by atoms with Crippen LogP contribution in [-0.4, -0.2) is 125 Å². The van der Waals surface area contributed by atoms with Gasteiger partial charge < -0.3 is 33.9 Å². The molecule has 3 aromatic heterocycles. The van der Waals surface area contributed by atoms with Crippen LogP contribution in [0.5, 0.6) is 0 Å². The standard InChI is InChI=1S/C46H62N8O7S.5H2S/c1-11-53-36-15-14-29-19-32(36)33(41(53)31-13-12-17-47-39(31)28(5)59-9)21-46(6,7)25-61-44(57)38-27(4)16-18-54(50-38)43(56)34(20-37-48-35(29)24-62-37)49-42(55)40(26(2)3)51(8)45(58)52-22-30(23-52)60-10;;;;;/h12-15,17,19,24,26-28,30,34,38,40,50H,11,16,18,20-23,25H2,1-10H3,(H,49,55);5*1H2/t27-,28-,34-,38-,40-;;;;;/m0...../s1. The van der Waals surface area contributed by atoms with Gasteiger partial charge in [-0.1, -0.05) is 40.7 Å². The second kappa shape index (κ2) is 25.1. The second-order valence-corrected chi connectivity index (χ2v) is 19.1. The number of thiazole rings is 1. The van der Waals surface area contributed by atoms with Crippen molar-refractivity contribution in [3.8, 4) is 22.5 Å². The van der Waals surface area contributed by atoms with Gasteiger partial charge in [0.25, 0.3) is 5.91 Å². The molecule has 0 unspecified atom stereocenters. The summed E-state index contributed by atoms with van der Waals surface area (Å²) in [5.74, 6) is -1.69. The number of rotatable bonds is 9. The number of aryl methyl sites for hydroxylation is 1. The van der Waals surface area contributed by atoms with Crippen molar-refractivity contribution in [1.82, 2.24) is 40.1 Å². The molecule has 4 amide bonds. The summed E-state index contributed by atoms with van der Waals surface area (Å²) in [7, 11) is 4.92. The maximum atomic E-state index is 14.6. The quantitative estimate of drug-likeness (QED) is 0.179. The summed E-state index contributed by atoms with van der Waals surface area (Å²) in [6.45, 7) is 16.1. The Bertz CT molecular complexity index is 2320. The smallest absolute Gasteiger partial charge is 0.325 e. The summed E-state index contributed by atoms with van der Waals surface area (Å²) in [5, 5.41) is 8.17. The number of hydrazine groups is 1. The highest BCUT2D eigenvalue weighted by Crippen LogP contribution is 2.42. The minimum absolute atomic E-state index is 0. The van der Waals surface area contributed by atoms with Gasteiger partial charge in [0.15, 0.2) is 0 Å². The Morgan fingerprint density at radius 2 is 1.78 bits per heavy atom. The molecule has 7 rings (SSSR count). The van der Waals surface area contributed by atoms with Crippen molar-refractivity contribution < 1.29 is 33.4 Å². The maximum absolute atomic E-state index is 14.6. The Hall–Kier alpha value is -3.15. The molecule has 2 fully saturated rings. The van der Waals surface area contributed by atoms with E-state index in [1.54, 1.807) is 32.4 Å². The average molecular weight is 1040 g/mol. The van der Waals surface area contributed by atoms with E-state index in [0.29, 0.717) is 44.0 Å². The van der Waals surface area contributed by atoms with E-state index in [9.17, 15) is 19.2 Å². The number of fused-ring (bicyclic) bond motifs is 6. The number of cyclic esters (lactones) is 1. The number of likely N-dealkylation sites (tertiary alicyclic amines) is 1. The van der Waals surface area contributed by atoms with E-state index in [1.807, 2.05) is 39.1 Å². The van der Waals surface area contributed by atoms with Gasteiger partial charge in [0, 0.05) is 79.8 Å². The molecule has 374 valence electrons. The molecular weight excluding hydrogens is 969 g/mol. The molecule has 0 spiro atoms. The van der Waals surface area contributed by atoms with Crippen LogP contribution in [-0.2, 0) is 48.0 Å². The number of pyridine rings is 1. The number of methoxy groups -OCH3 is 2. The molecule has 3 aliphatic heterocycles. The van der Waals surface area contributed by atoms with Crippen molar-refractivity contribution in [2.24, 2.45) is 17.3 Å². The predicted octanol–water partition coefficient (Wildman–Crippen LogP) is 6.42. The highest BCUT2D eigenvalue weighted by Gasteiger charge is 2.41. The summed E-state index contributed by atoms with van der Waals surface area (Å²) in [4.78, 5) is 69.4. The largest absolute Gasteiger partial charge is 0.464 e. The Kier molecular flexibility index (Phi) is 22.5. The van der Waals surface area contributed by atoms with E-state index in [2.05, 4.69) is 60.3 Å². The molecule has 15 nitrogen and oxygen atoms in total. The number of urea groups is 1. The number of hydrogen-bond acceptors (Lipinski definition) is 11. The van der Waals surface area contributed by atoms with Crippen molar-refractivity contribution >= 4 is 114 Å². The molecule has 3 aliphatic rings. The van der Waals surface area contributed by atoms with Gasteiger partial charge in [-0.2, -0.15) is 67.5 Å². The zero-order valence-electron chi connectivity index (χ0n) is 40.2. The fraction of sp³-hybridized carbons (Fsp3) is 0.565. The van der Waals surface area contributed by atoms with Gasteiger partial charge in [-0.25, -0.2) is 15.2 Å². The van der Waals surface area contributed by atoms with Crippen LogP contribution >= 0.6 is 78.8 Å². The number of likely N-dealkylation sites (N-methyl/N-ethyl adjacent to an activating group) is 1. The van der Waals surface area contributed by atoms with Crippen molar-refractivity contribution in [3.05, 3.63) is 58.2 Å². The van der Waals surface area contributed by atoms with E-state index < -0.39 is 41.3 Å². The molecule has 0 radical (unpaired) electrons. The Morgan fingerprint density at radius 3 is 2.42 bits per heavy atom. The van der Waals surface area contributed by atoms with Gasteiger partial charge in [-0.15, -0.1) is 11.3 Å². The third kappa shape index (κ3) is 12.6. The number of carbonyl (C=O) groups is 4. The van der Waals surface area contributed by atoms with E-state index in [4.69, 9.17) is 24.2 Å². The summed E-state index contributed by atoms with van der Waals surface area (Å²) in [6, 6.07) is 7.45. The fourth-order valence-electron chi connectivity index (χ4n) is 9.02. The van der Waals surface area contributed by atoms with Crippen molar-refractivity contribution in [2.75, 3.05) is 47.5 Å². The van der Waals surface area contributed by atoms with Gasteiger partial charge in [0.05, 0.1) is 54.0 Å². The van der Waals surface area contributed by atoms with Crippen LogP contribution < -0.4 is 10.7 Å². The second-order valence-electron chi connectivity index (χ2n) is 18.2. The van der Waals surface area contributed by atoms with Crippen molar-refractivity contribution in [2.45, 2.75) is 105 Å². The zero-order valence-corrected chi connectivity index (χ0v) is 46.0. The summed E-state index contributed by atoms with van der Waals surface area (Å²) in [5.41, 5.74) is 9.38. The number of benzene rings is 1. The monoisotopic (exact) mass is 1040 g/mol. The molecule has 5 atom stereocenters. The topological polar surface area (TPSA) is 160 Å². The predicted molar refractivity (Wildman–Crippen MR) is 290 cm³/mol. The van der Waals surface area contributed by atoms with E-state index in [-0.39, 0.29) is 111 Å². The molecule has 6 heterocycles. The van der Waals surface area contributed by atoms with Crippen molar-refractivity contribution in [1.29, 1.82) is 0 Å². The first-order valence-corrected chi connectivity index (χ1v) is 22.6. The number of hydrogen-bond donors (Lipinski definition) is 2. The molecule has 21 heteroatoms. The van der Waals surface area contributed by atoms with Crippen LogP contribution in [0.1, 0.15) is 77.3 Å². The minimum atomic E-state index is -1.05. The zero-order chi connectivity index (χ0) is 44.6. The molecule has 1 aromatic carbocycles. The van der Waals surface area contributed by atoms with Crippen LogP contribution in [0, 0.1) is 17.3 Å². The maximum Gasteiger partial charge on any atom is 0.325 e. The number of carbonyl (C=O) groups excluding carboxylic acids is 4. The highest BCUT2D eigenvalue weighted by molar-refractivity contribution is 7.60. The van der Waals surface area contributed by atoms with Crippen LogP contribution in [0.25, 0.3) is 33.4 Å². The van der Waals surface area contributed by atoms with E-state index >= 15 is 0 Å². The number of nitrogens with one attached hydrogen (secondary N) is 2. The van der Waals surface area contributed by atoms with Crippen LogP contribution in [0.4, 0.5) is 4.79 Å². The number of amides is 4. The van der Waals surface area contributed by atoms with Crippen LogP contribution in [0.3, 0.4) is 0 Å². The third-order valence-electron chi connectivity index (χ3n) is 12.7. The average Bonchev–Trinajstić information content (AvgIpc) is 3.82. The number of esters is 1. The molecule has 2 saturated heterocycles. The third-order valence-corrected chi connectivity index (χ3v) is 13.6. The van der Waals surface area contributed by atoms with Gasteiger partial charge in [0.1, 0.15) is 18.1 Å². The summed E-state index contributed by atoms with van der Waals surface area (Å²) in [6.07, 6.45) is 2.73. The summed E-state index contributed by atoms with van der Waals surface area (Å²) >= 11 is 1.42. The first-order chi connectivity index (χ1) is 29.5. The van der Waals surface area contributed by atoms with Crippen LogP contribution in [0.2, 0.25) is 0 Å². The molecule has 6 bridgehead atoms. The molecule has 67 heavy (non-hydrogen) atoms. The molecule has 4 aromatic rings. The highest BCUT2D eigenvalue weighted by atomic mass is 32.1. The van der Waals surface area contributed by atoms with Gasteiger partial charge in [-0.05, 0) is 68.4 Å². The van der Waals surface area contributed by atoms with E-state index in [0.717, 1.165) is 44.7 Å². The number of aromatic nitrogens is 3. The Balaban J connectivity index is 0.00000308. The van der Waals surface area contributed by atoms with Gasteiger partial charge in [0.2, 0.25) is 5.91 Å². The molecule has 2 N–H and O–H groups in total. The fourth-order valence-corrected chi connectivity index (χ4v) is 9.87. The summed E-state index contributed by atoms with van der Waals surface area (Å²) < 4.78 is 19.7. The first kappa shape index (κ1) is 60.0. The Labute approximate surface area is 434 Å². The van der Waals surface area contributed by atoms with Gasteiger partial charge in [-0.3, -0.25) is 24.4 Å². The SMILES string of the molecule is CCn1c(-c2cccnc2[C@H](C)OC)c2c3cc(ccc31)-c1csc(n1)C[C@H](NC(=O)[C@H](C(C)C)N(C)C(=O)N1CC(OC)C1)C(=O)N1CC[C@H](C)[C@H](N1)C(=O)OCC(C)(C)C2.S.S.S.S.S. The lowest BCUT2D eigenvalue weighted by Crippen LogP contribution is -2.64. The van der Waals surface area contributed by atoms with Gasteiger partial charge >= 0.3 is 12.0 Å².